The van der Waals surface area contributed by atoms with Crippen LogP contribution in [0.15, 0.2) is 73.2 Å². The lowest BCUT2D eigenvalue weighted by Crippen LogP contribution is -2.14. The highest BCUT2D eigenvalue weighted by Crippen LogP contribution is 2.13. The lowest BCUT2D eigenvalue weighted by atomic mass is 10.2. The molecule has 1 amide bonds. The first-order valence-electron chi connectivity index (χ1n) is 8.09. The maximum Gasteiger partial charge on any atom is 0.234 e. The van der Waals surface area contributed by atoms with Crippen LogP contribution in [0.25, 0.3) is 0 Å². The largest absolute Gasteiger partial charge is 0.325 e. The number of pyridine rings is 2. The van der Waals surface area contributed by atoms with Gasteiger partial charge in [-0.3, -0.25) is 9.78 Å². The fourth-order valence-electron chi connectivity index (χ4n) is 2.19. The fraction of sp³-hybridized carbons (Fsp3) is 0.0952. The zero-order chi connectivity index (χ0) is 18.0. The second kappa shape index (κ2) is 9.40. The van der Waals surface area contributed by atoms with Crippen LogP contribution in [0.3, 0.4) is 0 Å². The number of rotatable bonds is 5. The first-order chi connectivity index (χ1) is 12.8. The van der Waals surface area contributed by atoms with E-state index in [4.69, 9.17) is 0 Å². The Morgan fingerprint density at radius 2 is 2.00 bits per heavy atom. The molecule has 0 unspecified atom stereocenters. The van der Waals surface area contributed by atoms with E-state index in [2.05, 4.69) is 27.1 Å². The number of anilines is 1. The molecule has 2 heterocycles. The Morgan fingerprint density at radius 3 is 2.81 bits per heavy atom. The number of benzene rings is 1. The minimum Gasteiger partial charge on any atom is -0.325 e. The number of carbonyl (C=O) groups is 1. The molecule has 0 spiro atoms. The highest BCUT2D eigenvalue weighted by atomic mass is 32.2. The third-order valence-corrected chi connectivity index (χ3v) is 4.37. The van der Waals surface area contributed by atoms with Crippen LogP contribution in [0.2, 0.25) is 0 Å². The molecule has 26 heavy (non-hydrogen) atoms. The van der Waals surface area contributed by atoms with Crippen molar-refractivity contribution in [2.75, 3.05) is 11.1 Å². The number of nitrogens with zero attached hydrogens (tertiary/aromatic N) is 2. The first kappa shape index (κ1) is 17.7. The minimum atomic E-state index is -0.0336. The molecule has 128 valence electrons. The molecule has 1 aromatic carbocycles. The molecule has 1 N–H and O–H groups in total. The second-order valence-corrected chi connectivity index (χ2v) is 6.43. The van der Waals surface area contributed by atoms with Crippen LogP contribution in [0, 0.1) is 11.8 Å². The monoisotopic (exact) mass is 359 g/mol. The van der Waals surface area contributed by atoms with E-state index in [1.165, 1.54) is 0 Å². The van der Waals surface area contributed by atoms with Gasteiger partial charge in [0, 0.05) is 35.6 Å². The normalized spacial score (nSPS) is 9.85. The van der Waals surface area contributed by atoms with Gasteiger partial charge in [-0.25, -0.2) is 4.98 Å². The van der Waals surface area contributed by atoms with Crippen molar-refractivity contribution in [1.29, 1.82) is 0 Å². The third kappa shape index (κ3) is 5.76. The predicted molar refractivity (Wildman–Crippen MR) is 106 cm³/mol. The van der Waals surface area contributed by atoms with Crippen molar-refractivity contribution in [3.05, 3.63) is 90.0 Å². The Morgan fingerprint density at radius 1 is 1.04 bits per heavy atom. The summed E-state index contributed by atoms with van der Waals surface area (Å²) in [6.45, 7) is 0. The molecule has 3 aromatic rings. The summed E-state index contributed by atoms with van der Waals surface area (Å²) in [6, 6.07) is 17.0. The maximum absolute atomic E-state index is 12.1. The Bertz CT molecular complexity index is 918. The van der Waals surface area contributed by atoms with Crippen molar-refractivity contribution in [1.82, 2.24) is 9.97 Å². The molecule has 0 aliphatic carbocycles. The summed E-state index contributed by atoms with van der Waals surface area (Å²) >= 11 is 1.56. The SMILES string of the molecule is O=C(CSCc1cccnc1)Nc1cccc(C#Cc2ccccn2)c1. The number of hydrogen-bond donors (Lipinski definition) is 1. The maximum atomic E-state index is 12.1. The summed E-state index contributed by atoms with van der Waals surface area (Å²) in [5, 5.41) is 2.91. The summed E-state index contributed by atoms with van der Waals surface area (Å²) < 4.78 is 0. The molecular formula is C21H17N3OS. The molecule has 0 atom stereocenters. The van der Waals surface area contributed by atoms with Gasteiger partial charge in [0.05, 0.1) is 5.75 Å². The van der Waals surface area contributed by atoms with Gasteiger partial charge in [-0.1, -0.05) is 24.1 Å². The van der Waals surface area contributed by atoms with Crippen molar-refractivity contribution in [3.63, 3.8) is 0 Å². The van der Waals surface area contributed by atoms with Crippen LogP contribution in [0.5, 0.6) is 0 Å². The van der Waals surface area contributed by atoms with E-state index in [0.717, 1.165) is 22.6 Å². The van der Waals surface area contributed by atoms with Gasteiger partial charge in [0.1, 0.15) is 5.69 Å². The van der Waals surface area contributed by atoms with E-state index in [1.54, 1.807) is 24.2 Å². The van der Waals surface area contributed by atoms with Gasteiger partial charge >= 0.3 is 0 Å². The zero-order valence-corrected chi connectivity index (χ0v) is 14.9. The number of aromatic nitrogens is 2. The number of carbonyl (C=O) groups excluding carboxylic acids is 1. The van der Waals surface area contributed by atoms with Crippen LogP contribution < -0.4 is 5.32 Å². The van der Waals surface area contributed by atoms with Crippen LogP contribution in [-0.2, 0) is 10.5 Å². The Kier molecular flexibility index (Phi) is 6.40. The molecule has 0 saturated carbocycles. The minimum absolute atomic E-state index is 0.0336. The van der Waals surface area contributed by atoms with Gasteiger partial charge in [-0.05, 0) is 47.9 Å². The average molecular weight is 359 g/mol. The Balaban J connectivity index is 1.53. The Hall–Kier alpha value is -3.10. The van der Waals surface area contributed by atoms with Gasteiger partial charge in [-0.15, -0.1) is 11.8 Å². The molecule has 0 fully saturated rings. The lowest BCUT2D eigenvalue weighted by Gasteiger charge is -2.05. The van der Waals surface area contributed by atoms with E-state index in [1.807, 2.05) is 60.8 Å². The molecule has 0 aliphatic rings. The van der Waals surface area contributed by atoms with Crippen molar-refractivity contribution >= 4 is 23.4 Å². The molecule has 0 bridgehead atoms. The topological polar surface area (TPSA) is 54.9 Å². The summed E-state index contributed by atoms with van der Waals surface area (Å²) in [7, 11) is 0. The number of amides is 1. The fourth-order valence-corrected chi connectivity index (χ4v) is 2.96. The lowest BCUT2D eigenvalue weighted by molar-refractivity contribution is -0.113. The van der Waals surface area contributed by atoms with Crippen LogP contribution in [-0.4, -0.2) is 21.6 Å². The predicted octanol–water partition coefficient (Wildman–Crippen LogP) is 3.75. The van der Waals surface area contributed by atoms with Crippen LogP contribution >= 0.6 is 11.8 Å². The van der Waals surface area contributed by atoms with E-state index >= 15 is 0 Å². The van der Waals surface area contributed by atoms with Gasteiger partial charge in [0.2, 0.25) is 5.91 Å². The molecule has 5 heteroatoms. The number of nitrogens with one attached hydrogen (secondary N) is 1. The Labute approximate surface area is 157 Å². The highest BCUT2D eigenvalue weighted by molar-refractivity contribution is 7.99. The molecule has 2 aromatic heterocycles. The van der Waals surface area contributed by atoms with Crippen molar-refractivity contribution in [2.24, 2.45) is 0 Å². The molecular weight excluding hydrogens is 342 g/mol. The molecule has 0 aliphatic heterocycles. The highest BCUT2D eigenvalue weighted by Gasteiger charge is 2.03. The molecule has 3 rings (SSSR count). The zero-order valence-electron chi connectivity index (χ0n) is 14.1. The standard InChI is InChI=1S/C21H17N3OS/c25-21(16-26-15-18-6-4-11-22-14-18)24-20-8-3-5-17(13-20)9-10-19-7-1-2-12-23-19/h1-8,11-14H,15-16H2,(H,24,25). The molecule has 0 saturated heterocycles. The van der Waals surface area contributed by atoms with Crippen molar-refractivity contribution < 1.29 is 4.79 Å². The van der Waals surface area contributed by atoms with Crippen LogP contribution in [0.4, 0.5) is 5.69 Å². The summed E-state index contributed by atoms with van der Waals surface area (Å²) in [4.78, 5) is 20.3. The number of thioether (sulfide) groups is 1. The second-order valence-electron chi connectivity index (χ2n) is 5.45. The summed E-state index contributed by atoms with van der Waals surface area (Å²) in [6.07, 6.45) is 5.27. The van der Waals surface area contributed by atoms with E-state index < -0.39 is 0 Å². The molecule has 0 radical (unpaired) electrons. The summed E-state index contributed by atoms with van der Waals surface area (Å²) in [5.74, 6) is 7.19. The third-order valence-electron chi connectivity index (χ3n) is 3.37. The average Bonchev–Trinajstić information content (AvgIpc) is 2.68. The number of hydrogen-bond acceptors (Lipinski definition) is 4. The van der Waals surface area contributed by atoms with E-state index in [0.29, 0.717) is 11.4 Å². The van der Waals surface area contributed by atoms with Gasteiger partial charge < -0.3 is 5.32 Å². The smallest absolute Gasteiger partial charge is 0.234 e. The first-order valence-corrected chi connectivity index (χ1v) is 9.25. The molecule has 4 nitrogen and oxygen atoms in total. The van der Waals surface area contributed by atoms with E-state index in [9.17, 15) is 4.79 Å². The van der Waals surface area contributed by atoms with Crippen molar-refractivity contribution in [2.45, 2.75) is 5.75 Å². The van der Waals surface area contributed by atoms with Crippen molar-refractivity contribution in [3.8, 4) is 11.8 Å². The summed E-state index contributed by atoms with van der Waals surface area (Å²) in [5.41, 5.74) is 3.40. The van der Waals surface area contributed by atoms with Crippen LogP contribution in [0.1, 0.15) is 16.8 Å². The van der Waals surface area contributed by atoms with E-state index in [-0.39, 0.29) is 5.91 Å². The van der Waals surface area contributed by atoms with Gasteiger partial charge in [-0.2, -0.15) is 0 Å². The quantitative estimate of drug-likeness (QED) is 0.705. The van der Waals surface area contributed by atoms with Gasteiger partial charge in [0.15, 0.2) is 0 Å². The van der Waals surface area contributed by atoms with Gasteiger partial charge in [0.25, 0.3) is 0 Å².